The summed E-state index contributed by atoms with van der Waals surface area (Å²) in [4.78, 5) is 51.2. The second kappa shape index (κ2) is 8.79. The summed E-state index contributed by atoms with van der Waals surface area (Å²) in [5.74, 6) is -0.0337. The summed E-state index contributed by atoms with van der Waals surface area (Å²) < 4.78 is 1.61. The Labute approximate surface area is 205 Å². The highest BCUT2D eigenvalue weighted by Gasteiger charge is 2.37. The number of para-hydroxylation sites is 1. The highest BCUT2D eigenvalue weighted by molar-refractivity contribution is 7.11. The largest absolute Gasteiger partial charge is 0.335 e. The van der Waals surface area contributed by atoms with Crippen LogP contribution in [0.1, 0.15) is 20.2 Å². The lowest BCUT2D eigenvalue weighted by Gasteiger charge is -2.48. The Balaban J connectivity index is 1.08. The summed E-state index contributed by atoms with van der Waals surface area (Å²) in [6, 6.07) is 15.1. The number of aromatic nitrogens is 3. The highest BCUT2D eigenvalue weighted by atomic mass is 32.1. The number of hydrogen-bond donors (Lipinski definition) is 1. The molecule has 2 aromatic carbocycles. The van der Waals surface area contributed by atoms with E-state index >= 15 is 0 Å². The van der Waals surface area contributed by atoms with Crippen molar-refractivity contribution in [2.45, 2.75) is 6.04 Å². The highest BCUT2D eigenvalue weighted by Crippen LogP contribution is 2.23. The maximum absolute atomic E-state index is 13.1. The van der Waals surface area contributed by atoms with Gasteiger partial charge in [-0.15, -0.1) is 11.3 Å². The molecule has 6 rings (SSSR count). The Kier molecular flexibility index (Phi) is 5.46. The van der Waals surface area contributed by atoms with Crippen molar-refractivity contribution in [1.82, 2.24) is 29.2 Å². The van der Waals surface area contributed by atoms with Crippen molar-refractivity contribution in [3.63, 3.8) is 0 Å². The van der Waals surface area contributed by atoms with Crippen LogP contribution in [-0.4, -0.2) is 86.4 Å². The van der Waals surface area contributed by atoms with E-state index in [0.717, 1.165) is 24.3 Å². The molecule has 0 saturated carbocycles. The van der Waals surface area contributed by atoms with Gasteiger partial charge >= 0.3 is 5.69 Å². The maximum Gasteiger partial charge on any atom is 0.331 e. The molecule has 4 heterocycles. The minimum absolute atomic E-state index is 0.000376. The third-order valence-corrected chi connectivity index (χ3v) is 7.59. The van der Waals surface area contributed by atoms with Crippen LogP contribution in [0.15, 0.2) is 64.9 Å². The lowest BCUT2D eigenvalue weighted by Crippen LogP contribution is -2.64. The normalized spacial score (nSPS) is 17.0. The number of carbonyl (C=O) groups excluding carboxylic acids is 2. The monoisotopic (exact) mass is 488 g/mol. The van der Waals surface area contributed by atoms with E-state index in [-0.39, 0.29) is 17.5 Å². The van der Waals surface area contributed by atoms with Gasteiger partial charge in [0.25, 0.3) is 11.8 Å². The SMILES string of the molecule is O=C(c1ccc2c(c1)[nH]c(=O)n2-c1ccccc1)N1CC(N2CCN(C(=O)c3nccs3)CC2)C1. The standard InChI is InChI=1S/C25H24N6O3S/c32-23(17-6-7-21-20(14-17)27-25(34)31(21)18-4-2-1-3-5-18)30-15-19(16-30)28-9-11-29(12-10-28)24(33)22-26-8-13-35-22/h1-8,13-14,19H,9-12,15-16H2,(H,27,34). The van der Waals surface area contributed by atoms with E-state index in [1.165, 1.54) is 11.3 Å². The number of thiazole rings is 1. The lowest BCUT2D eigenvalue weighted by molar-refractivity contribution is 0.00854. The number of hydrogen-bond acceptors (Lipinski definition) is 6. The number of fused-ring (bicyclic) bond motifs is 1. The molecular weight excluding hydrogens is 464 g/mol. The molecule has 2 amide bonds. The molecule has 0 bridgehead atoms. The lowest BCUT2D eigenvalue weighted by atomic mass is 10.0. The fourth-order valence-corrected chi connectivity index (χ4v) is 5.47. The van der Waals surface area contributed by atoms with Crippen LogP contribution in [-0.2, 0) is 0 Å². The Morgan fingerprint density at radius 1 is 0.943 bits per heavy atom. The Bertz CT molecular complexity index is 1430. The number of likely N-dealkylation sites (tertiary alicyclic amines) is 1. The third kappa shape index (κ3) is 3.94. The maximum atomic E-state index is 13.1. The molecule has 0 unspecified atom stereocenters. The molecule has 35 heavy (non-hydrogen) atoms. The number of aromatic amines is 1. The van der Waals surface area contributed by atoms with E-state index in [0.29, 0.717) is 48.3 Å². The Hall–Kier alpha value is -3.76. The van der Waals surface area contributed by atoms with Gasteiger partial charge in [0.05, 0.1) is 16.7 Å². The fraction of sp³-hybridized carbons (Fsp3) is 0.280. The van der Waals surface area contributed by atoms with Crippen LogP contribution in [0.4, 0.5) is 0 Å². The summed E-state index contributed by atoms with van der Waals surface area (Å²) in [6.07, 6.45) is 1.66. The number of nitrogens with one attached hydrogen (secondary N) is 1. The number of piperazine rings is 1. The van der Waals surface area contributed by atoms with E-state index in [1.807, 2.05) is 51.6 Å². The van der Waals surface area contributed by atoms with E-state index in [1.54, 1.807) is 22.9 Å². The van der Waals surface area contributed by atoms with Gasteiger partial charge in [-0.1, -0.05) is 18.2 Å². The van der Waals surface area contributed by atoms with Crippen LogP contribution in [0.3, 0.4) is 0 Å². The van der Waals surface area contributed by atoms with Crippen LogP contribution in [0.5, 0.6) is 0 Å². The van der Waals surface area contributed by atoms with Gasteiger partial charge in [-0.3, -0.25) is 19.1 Å². The van der Waals surface area contributed by atoms with Crippen LogP contribution in [0, 0.1) is 0 Å². The van der Waals surface area contributed by atoms with Crippen molar-refractivity contribution in [1.29, 1.82) is 0 Å². The molecule has 9 nitrogen and oxygen atoms in total. The number of carbonyl (C=O) groups is 2. The minimum Gasteiger partial charge on any atom is -0.335 e. The topological polar surface area (TPSA) is 94.5 Å². The summed E-state index contributed by atoms with van der Waals surface area (Å²) >= 11 is 1.37. The zero-order valence-corrected chi connectivity index (χ0v) is 19.8. The van der Waals surface area contributed by atoms with Gasteiger partial charge in [0, 0.05) is 62.5 Å². The number of nitrogens with zero attached hydrogens (tertiary/aromatic N) is 5. The molecule has 0 atom stereocenters. The van der Waals surface area contributed by atoms with E-state index in [4.69, 9.17) is 0 Å². The molecule has 1 N–H and O–H groups in total. The van der Waals surface area contributed by atoms with E-state index < -0.39 is 0 Å². The predicted octanol–water partition coefficient (Wildman–Crippen LogP) is 2.06. The average molecular weight is 489 g/mol. The summed E-state index contributed by atoms with van der Waals surface area (Å²) in [5.41, 5.74) is 2.50. The zero-order chi connectivity index (χ0) is 23.9. The van der Waals surface area contributed by atoms with Gasteiger partial charge in [-0.2, -0.15) is 0 Å². The second-order valence-electron chi connectivity index (χ2n) is 8.86. The second-order valence-corrected chi connectivity index (χ2v) is 9.76. The quantitative estimate of drug-likeness (QED) is 0.475. The molecule has 2 aromatic heterocycles. The minimum atomic E-state index is -0.229. The molecule has 0 spiro atoms. The van der Waals surface area contributed by atoms with Crippen LogP contribution >= 0.6 is 11.3 Å². The van der Waals surface area contributed by atoms with Gasteiger partial charge in [-0.05, 0) is 30.3 Å². The van der Waals surface area contributed by atoms with Crippen molar-refractivity contribution >= 4 is 34.2 Å². The van der Waals surface area contributed by atoms with Gasteiger partial charge < -0.3 is 14.8 Å². The number of rotatable bonds is 4. The summed E-state index contributed by atoms with van der Waals surface area (Å²) in [6.45, 7) is 4.27. The summed E-state index contributed by atoms with van der Waals surface area (Å²) in [7, 11) is 0. The van der Waals surface area contributed by atoms with Crippen LogP contribution in [0.25, 0.3) is 16.7 Å². The Morgan fingerprint density at radius 3 is 2.43 bits per heavy atom. The molecule has 10 heteroatoms. The first kappa shape index (κ1) is 21.8. The molecule has 4 aromatic rings. The smallest absolute Gasteiger partial charge is 0.331 e. The van der Waals surface area contributed by atoms with Gasteiger partial charge in [0.2, 0.25) is 0 Å². The molecule has 0 radical (unpaired) electrons. The van der Waals surface area contributed by atoms with Crippen molar-refractivity contribution in [3.8, 4) is 5.69 Å². The van der Waals surface area contributed by atoms with Crippen molar-refractivity contribution < 1.29 is 9.59 Å². The fourth-order valence-electron chi connectivity index (χ4n) is 4.87. The third-order valence-electron chi connectivity index (χ3n) is 6.83. The molecule has 0 aliphatic carbocycles. The molecule has 2 saturated heterocycles. The number of amides is 2. The molecule has 178 valence electrons. The first-order valence-electron chi connectivity index (χ1n) is 11.6. The van der Waals surface area contributed by atoms with Crippen molar-refractivity contribution in [2.24, 2.45) is 0 Å². The molecule has 2 aliphatic heterocycles. The molecular formula is C25H24N6O3S. The predicted molar refractivity (Wildman–Crippen MR) is 133 cm³/mol. The van der Waals surface area contributed by atoms with Crippen molar-refractivity contribution in [3.05, 3.63) is 81.2 Å². The number of H-pyrrole nitrogens is 1. The zero-order valence-electron chi connectivity index (χ0n) is 19.0. The first-order valence-corrected chi connectivity index (χ1v) is 12.5. The van der Waals surface area contributed by atoms with Crippen LogP contribution in [0.2, 0.25) is 0 Å². The summed E-state index contributed by atoms with van der Waals surface area (Å²) in [5, 5.41) is 2.36. The van der Waals surface area contributed by atoms with Gasteiger partial charge in [0.15, 0.2) is 5.01 Å². The van der Waals surface area contributed by atoms with Crippen molar-refractivity contribution in [2.75, 3.05) is 39.3 Å². The number of imidazole rings is 1. The first-order chi connectivity index (χ1) is 17.1. The average Bonchev–Trinajstić information content (AvgIpc) is 3.50. The van der Waals surface area contributed by atoms with E-state index in [9.17, 15) is 14.4 Å². The van der Waals surface area contributed by atoms with Crippen LogP contribution < -0.4 is 5.69 Å². The Morgan fingerprint density at radius 2 is 1.71 bits per heavy atom. The number of benzene rings is 2. The van der Waals surface area contributed by atoms with E-state index in [2.05, 4.69) is 14.9 Å². The van der Waals surface area contributed by atoms with Gasteiger partial charge in [0.1, 0.15) is 0 Å². The molecule has 2 aliphatic rings. The van der Waals surface area contributed by atoms with Gasteiger partial charge in [-0.25, -0.2) is 9.78 Å². The molecule has 2 fully saturated rings.